The van der Waals surface area contributed by atoms with E-state index in [0.29, 0.717) is 24.3 Å². The molecule has 2 rings (SSSR count). The van der Waals surface area contributed by atoms with Crippen LogP contribution in [0.15, 0.2) is 24.3 Å². The second-order valence-corrected chi connectivity index (χ2v) is 4.29. The summed E-state index contributed by atoms with van der Waals surface area (Å²) in [5.74, 6) is 0.00891. The lowest BCUT2D eigenvalue weighted by Gasteiger charge is -2.22. The van der Waals surface area contributed by atoms with Crippen LogP contribution in [0, 0.1) is 0 Å². The van der Waals surface area contributed by atoms with Crippen LogP contribution in [0.3, 0.4) is 0 Å². The number of rotatable bonds is 3. The molecule has 96 valence electrons. The van der Waals surface area contributed by atoms with Gasteiger partial charge in [0.2, 0.25) is 5.91 Å². The zero-order chi connectivity index (χ0) is 13.1. The Morgan fingerprint density at radius 2 is 2.22 bits per heavy atom. The fourth-order valence-electron chi connectivity index (χ4n) is 2.23. The summed E-state index contributed by atoms with van der Waals surface area (Å²) in [6.45, 7) is 0.573. The summed E-state index contributed by atoms with van der Waals surface area (Å²) in [4.78, 5) is 25.1. The number of benzene rings is 1. The van der Waals surface area contributed by atoms with E-state index in [1.54, 1.807) is 31.4 Å². The quantitative estimate of drug-likeness (QED) is 0.859. The third-order valence-electron chi connectivity index (χ3n) is 3.16. The van der Waals surface area contributed by atoms with Crippen LogP contribution in [0.5, 0.6) is 5.75 Å². The van der Waals surface area contributed by atoms with Gasteiger partial charge in [0.25, 0.3) is 5.91 Å². The molecule has 1 aromatic carbocycles. The standard InChI is InChI=1S/C13H16N2O3/c1-18-10-5-2-4-9(8-10)13(17)15-7-3-6-11(15)12(14)16/h2,4-5,8,11H,3,6-7H2,1H3,(H2,14,16)/t11-/m1/s1. The Labute approximate surface area is 106 Å². The zero-order valence-corrected chi connectivity index (χ0v) is 10.3. The number of hydrogen-bond acceptors (Lipinski definition) is 3. The molecule has 0 radical (unpaired) electrons. The van der Waals surface area contributed by atoms with Crippen LogP contribution in [0.4, 0.5) is 0 Å². The molecule has 1 saturated heterocycles. The van der Waals surface area contributed by atoms with Crippen molar-refractivity contribution in [3.05, 3.63) is 29.8 Å². The van der Waals surface area contributed by atoms with Crippen LogP contribution < -0.4 is 10.5 Å². The van der Waals surface area contributed by atoms with Crippen molar-refractivity contribution < 1.29 is 14.3 Å². The van der Waals surface area contributed by atoms with Crippen molar-refractivity contribution in [3.8, 4) is 5.75 Å². The predicted octanol–water partition coefficient (Wildman–Crippen LogP) is 0.785. The number of primary amides is 1. The van der Waals surface area contributed by atoms with Crippen LogP contribution in [-0.4, -0.2) is 36.4 Å². The zero-order valence-electron chi connectivity index (χ0n) is 10.3. The highest BCUT2D eigenvalue weighted by Crippen LogP contribution is 2.21. The number of ether oxygens (including phenoxy) is 1. The van der Waals surface area contributed by atoms with Crippen molar-refractivity contribution >= 4 is 11.8 Å². The van der Waals surface area contributed by atoms with Crippen molar-refractivity contribution in [1.29, 1.82) is 0 Å². The molecule has 0 aliphatic carbocycles. The normalized spacial score (nSPS) is 18.7. The third kappa shape index (κ3) is 2.30. The fourth-order valence-corrected chi connectivity index (χ4v) is 2.23. The minimum Gasteiger partial charge on any atom is -0.497 e. The minimum absolute atomic E-state index is 0.171. The lowest BCUT2D eigenvalue weighted by Crippen LogP contribution is -2.43. The number of carbonyl (C=O) groups excluding carboxylic acids is 2. The molecule has 18 heavy (non-hydrogen) atoms. The molecule has 2 amide bonds. The van der Waals surface area contributed by atoms with E-state index in [4.69, 9.17) is 10.5 Å². The van der Waals surface area contributed by atoms with Crippen LogP contribution in [0.1, 0.15) is 23.2 Å². The first-order valence-corrected chi connectivity index (χ1v) is 5.88. The summed E-state index contributed by atoms with van der Waals surface area (Å²) in [5, 5.41) is 0. The maximum atomic E-state index is 12.3. The van der Waals surface area contributed by atoms with Gasteiger partial charge in [-0.25, -0.2) is 0 Å². The van der Waals surface area contributed by atoms with Crippen molar-refractivity contribution in [3.63, 3.8) is 0 Å². The van der Waals surface area contributed by atoms with E-state index in [1.807, 2.05) is 0 Å². The van der Waals surface area contributed by atoms with E-state index in [-0.39, 0.29) is 5.91 Å². The minimum atomic E-state index is -0.483. The molecule has 1 atom stereocenters. The van der Waals surface area contributed by atoms with Crippen LogP contribution in [0.2, 0.25) is 0 Å². The smallest absolute Gasteiger partial charge is 0.254 e. The molecule has 1 heterocycles. The Morgan fingerprint density at radius 1 is 1.44 bits per heavy atom. The summed E-state index contributed by atoms with van der Waals surface area (Å²) >= 11 is 0. The molecular weight excluding hydrogens is 232 g/mol. The van der Waals surface area contributed by atoms with Crippen molar-refractivity contribution in [2.24, 2.45) is 5.73 Å². The topological polar surface area (TPSA) is 72.6 Å². The largest absolute Gasteiger partial charge is 0.497 e. The van der Waals surface area contributed by atoms with Crippen molar-refractivity contribution in [1.82, 2.24) is 4.90 Å². The Balaban J connectivity index is 2.22. The first-order chi connectivity index (χ1) is 8.63. The average molecular weight is 248 g/mol. The van der Waals surface area contributed by atoms with Gasteiger partial charge in [-0.05, 0) is 31.0 Å². The van der Waals surface area contributed by atoms with Crippen LogP contribution in [0.25, 0.3) is 0 Å². The predicted molar refractivity (Wildman–Crippen MR) is 66.2 cm³/mol. The highest BCUT2D eigenvalue weighted by Gasteiger charge is 2.33. The first kappa shape index (κ1) is 12.4. The summed E-state index contributed by atoms with van der Waals surface area (Å²) < 4.78 is 5.08. The molecule has 0 saturated carbocycles. The second kappa shape index (κ2) is 5.08. The molecule has 0 bridgehead atoms. The number of nitrogens with zero attached hydrogens (tertiary/aromatic N) is 1. The molecule has 1 aliphatic rings. The Hall–Kier alpha value is -2.04. The number of likely N-dealkylation sites (tertiary alicyclic amines) is 1. The second-order valence-electron chi connectivity index (χ2n) is 4.29. The van der Waals surface area contributed by atoms with E-state index < -0.39 is 11.9 Å². The van der Waals surface area contributed by atoms with Gasteiger partial charge in [-0.2, -0.15) is 0 Å². The summed E-state index contributed by atoms with van der Waals surface area (Å²) in [6.07, 6.45) is 1.45. The molecule has 0 unspecified atom stereocenters. The fraction of sp³-hybridized carbons (Fsp3) is 0.385. The molecule has 1 aromatic rings. The monoisotopic (exact) mass is 248 g/mol. The van der Waals surface area contributed by atoms with Gasteiger partial charge in [0.05, 0.1) is 7.11 Å². The number of nitrogens with two attached hydrogens (primary N) is 1. The van der Waals surface area contributed by atoms with Crippen molar-refractivity contribution in [2.75, 3.05) is 13.7 Å². The van der Waals surface area contributed by atoms with E-state index in [9.17, 15) is 9.59 Å². The molecule has 5 nitrogen and oxygen atoms in total. The molecule has 1 fully saturated rings. The van der Waals surface area contributed by atoms with Gasteiger partial charge < -0.3 is 15.4 Å². The van der Waals surface area contributed by atoms with Gasteiger partial charge in [0, 0.05) is 12.1 Å². The number of amides is 2. The molecule has 1 aliphatic heterocycles. The van der Waals surface area contributed by atoms with Crippen molar-refractivity contribution in [2.45, 2.75) is 18.9 Å². The Morgan fingerprint density at radius 3 is 2.89 bits per heavy atom. The summed E-state index contributed by atoms with van der Waals surface area (Å²) in [7, 11) is 1.55. The van der Waals surface area contributed by atoms with Crippen LogP contribution >= 0.6 is 0 Å². The third-order valence-corrected chi connectivity index (χ3v) is 3.16. The number of hydrogen-bond donors (Lipinski definition) is 1. The van der Waals surface area contributed by atoms with Gasteiger partial charge in [0.1, 0.15) is 11.8 Å². The number of carbonyl (C=O) groups is 2. The van der Waals surface area contributed by atoms with E-state index in [0.717, 1.165) is 6.42 Å². The lowest BCUT2D eigenvalue weighted by atomic mass is 10.1. The molecule has 0 spiro atoms. The highest BCUT2D eigenvalue weighted by atomic mass is 16.5. The first-order valence-electron chi connectivity index (χ1n) is 5.88. The SMILES string of the molecule is COc1cccc(C(=O)N2CCC[C@@H]2C(N)=O)c1. The van der Waals surface area contributed by atoms with E-state index >= 15 is 0 Å². The molecule has 5 heteroatoms. The van der Waals surface area contributed by atoms with Crippen LogP contribution in [-0.2, 0) is 4.79 Å². The molecule has 0 aromatic heterocycles. The van der Waals surface area contributed by atoms with E-state index in [1.165, 1.54) is 4.90 Å². The highest BCUT2D eigenvalue weighted by molar-refractivity contribution is 5.98. The van der Waals surface area contributed by atoms with Gasteiger partial charge in [0.15, 0.2) is 0 Å². The summed E-state index contributed by atoms with van der Waals surface area (Å²) in [5.41, 5.74) is 5.82. The maximum Gasteiger partial charge on any atom is 0.254 e. The summed E-state index contributed by atoms with van der Waals surface area (Å²) in [6, 6.07) is 6.41. The van der Waals surface area contributed by atoms with Gasteiger partial charge in [-0.15, -0.1) is 0 Å². The molecular formula is C13H16N2O3. The maximum absolute atomic E-state index is 12.3. The molecule has 2 N–H and O–H groups in total. The lowest BCUT2D eigenvalue weighted by molar-refractivity contribution is -0.121. The van der Waals surface area contributed by atoms with Gasteiger partial charge in [-0.3, -0.25) is 9.59 Å². The number of methoxy groups -OCH3 is 1. The Bertz CT molecular complexity index is 473. The van der Waals surface area contributed by atoms with Gasteiger partial charge >= 0.3 is 0 Å². The van der Waals surface area contributed by atoms with E-state index in [2.05, 4.69) is 0 Å². The average Bonchev–Trinajstić information content (AvgIpc) is 2.87. The Kier molecular flexibility index (Phi) is 3.50. The van der Waals surface area contributed by atoms with Gasteiger partial charge in [-0.1, -0.05) is 6.07 Å².